The molecule has 2 aromatic carbocycles. The molecule has 0 aliphatic heterocycles. The summed E-state index contributed by atoms with van der Waals surface area (Å²) >= 11 is 0. The molecule has 4 nitrogen and oxygen atoms in total. The number of hydrogen-bond acceptors (Lipinski definition) is 4. The average Bonchev–Trinajstić information content (AvgIpc) is 2.85. The highest BCUT2D eigenvalue weighted by Crippen LogP contribution is 2.51. The van der Waals surface area contributed by atoms with Crippen LogP contribution in [0.15, 0.2) is 84.7 Å². The van der Waals surface area contributed by atoms with Gasteiger partial charge in [0.05, 0.1) is 0 Å². The lowest BCUT2D eigenvalue weighted by molar-refractivity contribution is 0.262. The van der Waals surface area contributed by atoms with Crippen LogP contribution in [0.2, 0.25) is 0 Å². The summed E-state index contributed by atoms with van der Waals surface area (Å²) in [5.41, 5.74) is 0. The van der Waals surface area contributed by atoms with Gasteiger partial charge in [-0.3, -0.25) is 0 Å². The van der Waals surface area contributed by atoms with E-state index in [1.807, 2.05) is 30.4 Å². The topological polar surface area (TPSA) is 44.8 Å². The molecule has 0 aromatic heterocycles. The van der Waals surface area contributed by atoms with Gasteiger partial charge in [0.1, 0.15) is 17.3 Å². The van der Waals surface area contributed by atoms with Crippen molar-refractivity contribution in [1.82, 2.24) is 0 Å². The molecular weight excluding hydrogens is 323 g/mol. The maximum Gasteiger partial charge on any atom is 0.647 e. The first kappa shape index (κ1) is 16.4. The van der Waals surface area contributed by atoms with Gasteiger partial charge >= 0.3 is 7.82 Å². The van der Waals surface area contributed by atoms with Crippen LogP contribution in [0.1, 0.15) is 19.3 Å². The van der Waals surface area contributed by atoms with Crippen molar-refractivity contribution < 1.29 is 18.1 Å². The smallest absolute Gasteiger partial charge is 0.386 e. The van der Waals surface area contributed by atoms with Crippen molar-refractivity contribution in [3.05, 3.63) is 84.7 Å². The molecule has 0 spiro atoms. The minimum atomic E-state index is -3.87. The van der Waals surface area contributed by atoms with Gasteiger partial charge in [0.25, 0.3) is 0 Å². The van der Waals surface area contributed by atoms with Crippen LogP contribution in [-0.2, 0) is 9.09 Å². The highest BCUT2D eigenvalue weighted by molar-refractivity contribution is 7.49. The number of para-hydroxylation sites is 2. The van der Waals surface area contributed by atoms with Gasteiger partial charge in [0, 0.05) is 0 Å². The zero-order valence-electron chi connectivity index (χ0n) is 13.2. The first-order valence-electron chi connectivity index (χ1n) is 7.89. The Kier molecular flexibility index (Phi) is 5.39. The highest BCUT2D eigenvalue weighted by atomic mass is 31.2. The van der Waals surface area contributed by atoms with Gasteiger partial charge in [-0.05, 0) is 55.7 Å². The molecule has 5 heteroatoms. The third-order valence-electron chi connectivity index (χ3n) is 3.34. The number of rotatable bonds is 6. The van der Waals surface area contributed by atoms with Crippen LogP contribution in [0.5, 0.6) is 11.5 Å². The Morgan fingerprint density at radius 3 is 1.92 bits per heavy atom. The Morgan fingerprint density at radius 2 is 1.33 bits per heavy atom. The lowest BCUT2D eigenvalue weighted by Gasteiger charge is -2.19. The molecule has 0 bridgehead atoms. The maximum absolute atomic E-state index is 13.2. The molecule has 0 amide bonds. The van der Waals surface area contributed by atoms with Crippen LogP contribution >= 0.6 is 7.82 Å². The van der Waals surface area contributed by atoms with Crippen LogP contribution in [0, 0.1) is 0 Å². The second kappa shape index (κ2) is 7.89. The molecule has 1 aliphatic carbocycles. The molecule has 0 radical (unpaired) electrons. The number of allylic oxidation sites excluding steroid dienone is 3. The molecule has 24 heavy (non-hydrogen) atoms. The predicted octanol–water partition coefficient (Wildman–Crippen LogP) is 5.89. The van der Waals surface area contributed by atoms with Crippen molar-refractivity contribution in [3.8, 4) is 11.5 Å². The van der Waals surface area contributed by atoms with E-state index >= 15 is 0 Å². The standard InChI is InChI=1S/C19H19O4P/c20-24(22-18-13-7-3-8-14-18,23-19-15-9-4-10-16-19)21-17-11-5-1-2-6-12-17/h3-5,7-16H,1-2,6H2. The summed E-state index contributed by atoms with van der Waals surface area (Å²) in [5.74, 6) is 1.35. The molecule has 2 aromatic rings. The normalized spacial score (nSPS) is 14.4. The SMILES string of the molecule is O=P(OC1=CCCCC=C1)(Oc1ccccc1)Oc1ccccc1. The number of phosphoric ester groups is 1. The summed E-state index contributed by atoms with van der Waals surface area (Å²) in [6.07, 6.45) is 8.56. The maximum atomic E-state index is 13.2. The van der Waals surface area contributed by atoms with E-state index in [-0.39, 0.29) is 0 Å². The van der Waals surface area contributed by atoms with Crippen molar-refractivity contribution in [3.63, 3.8) is 0 Å². The fraction of sp³-hybridized carbons (Fsp3) is 0.158. The van der Waals surface area contributed by atoms with Crippen LogP contribution < -0.4 is 9.05 Å². The summed E-state index contributed by atoms with van der Waals surface area (Å²) < 4.78 is 30.0. The average molecular weight is 342 g/mol. The molecule has 0 heterocycles. The summed E-state index contributed by atoms with van der Waals surface area (Å²) in [7, 11) is -3.87. The van der Waals surface area contributed by atoms with E-state index in [2.05, 4.69) is 0 Å². The zero-order valence-corrected chi connectivity index (χ0v) is 14.1. The van der Waals surface area contributed by atoms with E-state index in [0.29, 0.717) is 17.3 Å². The largest absolute Gasteiger partial charge is 0.647 e. The Labute approximate surface area is 142 Å². The Morgan fingerprint density at radius 1 is 0.750 bits per heavy atom. The van der Waals surface area contributed by atoms with Crippen molar-refractivity contribution in [2.45, 2.75) is 19.3 Å². The fourth-order valence-electron chi connectivity index (χ4n) is 2.22. The highest BCUT2D eigenvalue weighted by Gasteiger charge is 2.33. The van der Waals surface area contributed by atoms with E-state index in [9.17, 15) is 4.57 Å². The predicted molar refractivity (Wildman–Crippen MR) is 93.9 cm³/mol. The summed E-state index contributed by atoms with van der Waals surface area (Å²) in [4.78, 5) is 0. The van der Waals surface area contributed by atoms with E-state index in [0.717, 1.165) is 19.3 Å². The summed E-state index contributed by atoms with van der Waals surface area (Å²) in [5, 5.41) is 0. The van der Waals surface area contributed by atoms with Crippen molar-refractivity contribution in [1.29, 1.82) is 0 Å². The lowest BCUT2D eigenvalue weighted by Crippen LogP contribution is -2.04. The molecule has 0 unspecified atom stereocenters. The van der Waals surface area contributed by atoms with Crippen molar-refractivity contribution in [2.75, 3.05) is 0 Å². The summed E-state index contributed by atoms with van der Waals surface area (Å²) in [6.45, 7) is 0. The molecule has 0 fully saturated rings. The Bertz CT molecular complexity index is 708. The minimum absolute atomic E-state index is 0.426. The number of hydrogen-bond donors (Lipinski definition) is 0. The molecule has 0 atom stereocenters. The third-order valence-corrected chi connectivity index (χ3v) is 4.64. The quantitative estimate of drug-likeness (QED) is 0.614. The molecule has 0 saturated heterocycles. The Balaban J connectivity index is 1.84. The Hall–Kier alpha value is -2.45. The zero-order chi connectivity index (χ0) is 16.7. The van der Waals surface area contributed by atoms with Crippen LogP contribution in [0.25, 0.3) is 0 Å². The first-order chi connectivity index (χ1) is 11.7. The minimum Gasteiger partial charge on any atom is -0.386 e. The van der Waals surface area contributed by atoms with Crippen LogP contribution in [0.3, 0.4) is 0 Å². The molecule has 124 valence electrons. The van der Waals surface area contributed by atoms with Gasteiger partial charge in [-0.1, -0.05) is 42.5 Å². The lowest BCUT2D eigenvalue weighted by atomic mass is 10.2. The molecular formula is C19H19O4P. The van der Waals surface area contributed by atoms with Crippen molar-refractivity contribution >= 4 is 7.82 Å². The number of phosphoric acid groups is 1. The summed E-state index contributed by atoms with van der Waals surface area (Å²) in [6, 6.07) is 17.7. The van der Waals surface area contributed by atoms with E-state index in [1.165, 1.54) is 0 Å². The van der Waals surface area contributed by atoms with Gasteiger partial charge in [-0.15, -0.1) is 0 Å². The van der Waals surface area contributed by atoms with Crippen molar-refractivity contribution in [2.24, 2.45) is 0 Å². The van der Waals surface area contributed by atoms with Gasteiger partial charge < -0.3 is 13.6 Å². The molecule has 0 saturated carbocycles. The van der Waals surface area contributed by atoms with E-state index < -0.39 is 7.82 Å². The first-order valence-corrected chi connectivity index (χ1v) is 9.35. The van der Waals surface area contributed by atoms with Gasteiger partial charge in [0.15, 0.2) is 0 Å². The number of benzene rings is 2. The van der Waals surface area contributed by atoms with E-state index in [4.69, 9.17) is 13.6 Å². The monoisotopic (exact) mass is 342 g/mol. The van der Waals surface area contributed by atoms with Gasteiger partial charge in [-0.25, -0.2) is 0 Å². The second-order valence-corrected chi connectivity index (χ2v) is 6.73. The third kappa shape index (κ3) is 4.77. The second-order valence-electron chi connectivity index (χ2n) is 5.29. The van der Waals surface area contributed by atoms with Gasteiger partial charge in [-0.2, -0.15) is 4.57 Å². The molecule has 1 aliphatic rings. The van der Waals surface area contributed by atoms with Crippen LogP contribution in [-0.4, -0.2) is 0 Å². The molecule has 3 rings (SSSR count). The molecule has 0 N–H and O–H groups in total. The fourth-order valence-corrected chi connectivity index (χ4v) is 3.49. The van der Waals surface area contributed by atoms with Gasteiger partial charge in [0.2, 0.25) is 0 Å². The van der Waals surface area contributed by atoms with Crippen LogP contribution in [0.4, 0.5) is 0 Å². The van der Waals surface area contributed by atoms with E-state index in [1.54, 1.807) is 48.5 Å².